The third kappa shape index (κ3) is 1.28. The van der Waals surface area contributed by atoms with E-state index in [2.05, 4.69) is 11.8 Å². The van der Waals surface area contributed by atoms with E-state index < -0.39 is 17.1 Å². The molecule has 5 rings (SSSR count). The Morgan fingerprint density at radius 3 is 3.04 bits per heavy atom. The number of aliphatic hydroxyl groups is 1. The van der Waals surface area contributed by atoms with Crippen molar-refractivity contribution in [3.05, 3.63) is 35.4 Å². The summed E-state index contributed by atoms with van der Waals surface area (Å²) in [4.78, 5) is 12.6. The topological polar surface area (TPSA) is 83.4 Å². The minimum Gasteiger partial charge on any atom is -0.493 e. The number of benzene rings is 1. The van der Waals surface area contributed by atoms with E-state index in [1.165, 1.54) is 6.08 Å². The maximum Gasteiger partial charge on any atom is 0.196 e. The van der Waals surface area contributed by atoms with Gasteiger partial charge >= 0.3 is 0 Å². The number of quaternary nitrogens is 1. The average Bonchev–Trinajstić information content (AvgIpc) is 2.90. The van der Waals surface area contributed by atoms with Gasteiger partial charge in [0.2, 0.25) is 0 Å². The lowest BCUT2D eigenvalue weighted by atomic mass is 9.46. The number of carbonyl (C=O) groups is 1. The normalized spacial score (nSPS) is 42.2. The summed E-state index contributed by atoms with van der Waals surface area (Å²) in [6, 6.07) is 4.13. The van der Waals surface area contributed by atoms with Gasteiger partial charge in [0.25, 0.3) is 0 Å². The summed E-state index contributed by atoms with van der Waals surface area (Å²) >= 11 is 0. The van der Waals surface area contributed by atoms with Crippen LogP contribution in [0.15, 0.2) is 24.3 Å². The number of methoxy groups -OCH3 is 1. The Kier molecular flexibility index (Phi) is 2.34. The molecule has 23 heavy (non-hydrogen) atoms. The second-order valence-electron chi connectivity index (χ2n) is 7.27. The second kappa shape index (κ2) is 3.97. The molecule has 1 fully saturated rings. The molecule has 2 bridgehead atoms. The van der Waals surface area contributed by atoms with E-state index in [1.54, 1.807) is 13.2 Å². The van der Waals surface area contributed by atoms with Gasteiger partial charge in [0, 0.05) is 17.9 Å². The minimum atomic E-state index is -1.07. The highest BCUT2D eigenvalue weighted by molar-refractivity contribution is 5.98. The molecule has 1 aromatic carbocycles. The Morgan fingerprint density at radius 1 is 1.43 bits per heavy atom. The molecule has 0 amide bonds. The van der Waals surface area contributed by atoms with Crippen molar-refractivity contribution in [1.29, 1.82) is 0 Å². The Bertz CT molecular complexity index is 773. The standard InChI is InChI=1S/C18H19NO4/c1-22-13-3-2-9-8-10-11(19)4-6-17-14(9)15(13)23-16(17)12(20)5-7-18(10,17)21/h2-3,5,7,10-11,16,21H,4,6,8,19H2,1H3/p+1/t10-,11?,16-,17-,18+/m0/s1. The fraction of sp³-hybridized carbons (Fsp3) is 0.500. The molecule has 5 atom stereocenters. The molecule has 0 aromatic heterocycles. The smallest absolute Gasteiger partial charge is 0.196 e. The van der Waals surface area contributed by atoms with Crippen molar-refractivity contribution in [2.24, 2.45) is 5.92 Å². The Balaban J connectivity index is 1.89. The van der Waals surface area contributed by atoms with Gasteiger partial charge in [0.15, 0.2) is 23.4 Å². The van der Waals surface area contributed by atoms with Crippen LogP contribution in [0.5, 0.6) is 11.5 Å². The first-order valence-corrected chi connectivity index (χ1v) is 8.18. The molecule has 1 spiro atoms. The quantitative estimate of drug-likeness (QED) is 0.772. The SMILES string of the molecule is COc1ccc2c3c1O[C@H]1C(=O)C=C[C@@]4(O)[C@@H](C2)C([NH3+])CC[C@]314. The van der Waals surface area contributed by atoms with Crippen molar-refractivity contribution in [2.45, 2.75) is 42.4 Å². The molecule has 4 aliphatic rings. The molecule has 3 aliphatic carbocycles. The van der Waals surface area contributed by atoms with Crippen LogP contribution in [0.25, 0.3) is 0 Å². The van der Waals surface area contributed by atoms with Crippen molar-refractivity contribution in [1.82, 2.24) is 0 Å². The number of ketones is 1. The van der Waals surface area contributed by atoms with E-state index in [9.17, 15) is 9.90 Å². The van der Waals surface area contributed by atoms with E-state index >= 15 is 0 Å². The first-order chi connectivity index (χ1) is 11.0. The molecule has 5 nitrogen and oxygen atoms in total. The molecule has 1 saturated carbocycles. The van der Waals surface area contributed by atoms with Crippen molar-refractivity contribution < 1.29 is 25.1 Å². The predicted molar refractivity (Wildman–Crippen MR) is 81.3 cm³/mol. The summed E-state index contributed by atoms with van der Waals surface area (Å²) in [5.74, 6) is 1.23. The lowest BCUT2D eigenvalue weighted by molar-refractivity contribution is -0.452. The zero-order valence-electron chi connectivity index (χ0n) is 13.0. The molecule has 5 heteroatoms. The number of hydrogen-bond acceptors (Lipinski definition) is 4. The fourth-order valence-electron chi connectivity index (χ4n) is 5.49. The average molecular weight is 314 g/mol. The van der Waals surface area contributed by atoms with Gasteiger partial charge in [-0.3, -0.25) is 4.79 Å². The molecule has 0 radical (unpaired) electrons. The summed E-state index contributed by atoms with van der Waals surface area (Å²) in [6.07, 6.45) is 4.92. The Hall–Kier alpha value is -1.85. The molecule has 120 valence electrons. The largest absolute Gasteiger partial charge is 0.493 e. The van der Waals surface area contributed by atoms with Gasteiger partial charge in [-0.15, -0.1) is 0 Å². The fourth-order valence-corrected chi connectivity index (χ4v) is 5.49. The first kappa shape index (κ1) is 13.6. The van der Waals surface area contributed by atoms with Crippen LogP contribution in [-0.4, -0.2) is 35.7 Å². The minimum absolute atomic E-state index is 0.0125. The van der Waals surface area contributed by atoms with Crippen LogP contribution in [0.3, 0.4) is 0 Å². The second-order valence-corrected chi connectivity index (χ2v) is 7.27. The van der Waals surface area contributed by atoms with E-state index in [1.807, 2.05) is 6.07 Å². The van der Waals surface area contributed by atoms with Gasteiger partial charge in [-0.05, 0) is 36.6 Å². The van der Waals surface area contributed by atoms with Crippen LogP contribution in [0, 0.1) is 5.92 Å². The highest BCUT2D eigenvalue weighted by atomic mass is 16.5. The van der Waals surface area contributed by atoms with E-state index in [-0.39, 0.29) is 17.7 Å². The summed E-state index contributed by atoms with van der Waals surface area (Å²) in [5, 5.41) is 11.7. The highest BCUT2D eigenvalue weighted by Gasteiger charge is 2.72. The molecule has 1 aliphatic heterocycles. The van der Waals surface area contributed by atoms with E-state index in [0.717, 1.165) is 24.0 Å². The van der Waals surface area contributed by atoms with E-state index in [4.69, 9.17) is 9.47 Å². The molecule has 0 saturated heterocycles. The van der Waals surface area contributed by atoms with Crippen LogP contribution in [0.1, 0.15) is 24.0 Å². The maximum absolute atomic E-state index is 12.6. The van der Waals surface area contributed by atoms with Crippen LogP contribution >= 0.6 is 0 Å². The van der Waals surface area contributed by atoms with Gasteiger partial charge in [0.1, 0.15) is 5.60 Å². The van der Waals surface area contributed by atoms with Gasteiger partial charge in [-0.2, -0.15) is 0 Å². The molecular weight excluding hydrogens is 294 g/mol. The van der Waals surface area contributed by atoms with Crippen LogP contribution < -0.4 is 15.2 Å². The van der Waals surface area contributed by atoms with Crippen molar-refractivity contribution in [3.63, 3.8) is 0 Å². The number of hydrogen-bond donors (Lipinski definition) is 2. The number of ether oxygens (including phenoxy) is 2. The maximum atomic E-state index is 12.6. The Morgan fingerprint density at radius 2 is 2.26 bits per heavy atom. The summed E-state index contributed by atoms with van der Waals surface area (Å²) in [7, 11) is 1.60. The zero-order chi connectivity index (χ0) is 16.0. The molecular formula is C18H20NO4+. The van der Waals surface area contributed by atoms with Crippen molar-refractivity contribution in [3.8, 4) is 11.5 Å². The van der Waals surface area contributed by atoms with E-state index in [0.29, 0.717) is 17.9 Å². The number of rotatable bonds is 1. The Labute approximate surface area is 134 Å². The van der Waals surface area contributed by atoms with Gasteiger partial charge in [-0.25, -0.2) is 0 Å². The monoisotopic (exact) mass is 314 g/mol. The summed E-state index contributed by atoms with van der Waals surface area (Å²) in [5.41, 5.74) is 4.67. The molecule has 1 aromatic rings. The van der Waals surface area contributed by atoms with Crippen molar-refractivity contribution >= 4 is 5.78 Å². The van der Waals surface area contributed by atoms with Gasteiger partial charge in [0.05, 0.1) is 18.6 Å². The van der Waals surface area contributed by atoms with Crippen LogP contribution in [0.2, 0.25) is 0 Å². The lowest BCUT2D eigenvalue weighted by Crippen LogP contribution is -2.78. The zero-order valence-corrected chi connectivity index (χ0v) is 13.0. The van der Waals surface area contributed by atoms with Crippen LogP contribution in [-0.2, 0) is 16.6 Å². The summed E-state index contributed by atoms with van der Waals surface area (Å²) in [6.45, 7) is 0. The molecule has 4 N–H and O–H groups in total. The predicted octanol–water partition coefficient (Wildman–Crippen LogP) is 0.141. The van der Waals surface area contributed by atoms with Crippen LogP contribution in [0.4, 0.5) is 0 Å². The van der Waals surface area contributed by atoms with Gasteiger partial charge < -0.3 is 20.3 Å². The summed E-state index contributed by atoms with van der Waals surface area (Å²) < 4.78 is 11.6. The lowest BCUT2D eigenvalue weighted by Gasteiger charge is -2.58. The molecule has 1 unspecified atom stereocenters. The highest BCUT2D eigenvalue weighted by Crippen LogP contribution is 2.65. The van der Waals surface area contributed by atoms with Gasteiger partial charge in [-0.1, -0.05) is 6.07 Å². The van der Waals surface area contributed by atoms with Crippen molar-refractivity contribution in [2.75, 3.05) is 7.11 Å². The molecule has 1 heterocycles. The third-order valence-corrected chi connectivity index (χ3v) is 6.52. The third-order valence-electron chi connectivity index (χ3n) is 6.52. The number of carbonyl (C=O) groups excluding carboxylic acids is 1. The first-order valence-electron chi connectivity index (χ1n) is 8.18.